The van der Waals surface area contributed by atoms with Crippen molar-refractivity contribution in [1.29, 1.82) is 0 Å². The lowest BCUT2D eigenvalue weighted by Crippen LogP contribution is -2.18. The number of benzene rings is 1. The molecule has 0 aliphatic carbocycles. The summed E-state index contributed by atoms with van der Waals surface area (Å²) in [4.78, 5) is 0. The van der Waals surface area contributed by atoms with E-state index < -0.39 is 6.43 Å². The van der Waals surface area contributed by atoms with Crippen LogP contribution in [-0.2, 0) is 0 Å². The third kappa shape index (κ3) is 4.21. The average molecular weight is 242 g/mol. The fraction of sp³-hybridized carbons (Fsp3) is 0.538. The van der Waals surface area contributed by atoms with E-state index in [0.29, 0.717) is 17.3 Å². The molecule has 1 atom stereocenters. The number of hydrogen-bond donors (Lipinski definition) is 2. The smallest absolute Gasteiger partial charge is 0.265 e. The molecule has 0 amide bonds. The lowest BCUT2D eigenvalue weighted by Gasteiger charge is -2.19. The molecule has 0 saturated heterocycles. The van der Waals surface area contributed by atoms with Crippen LogP contribution in [0.3, 0.4) is 0 Å². The Kier molecular flexibility index (Phi) is 4.73. The monoisotopic (exact) mass is 242 g/mol. The van der Waals surface area contributed by atoms with Crippen LogP contribution in [0, 0.1) is 5.92 Å². The SMILES string of the molecule is CC(C)CC(C)Nc1ccc(N)cc1C(F)F. The summed E-state index contributed by atoms with van der Waals surface area (Å²) in [6.07, 6.45) is -1.57. The van der Waals surface area contributed by atoms with Crippen molar-refractivity contribution in [2.24, 2.45) is 5.92 Å². The molecule has 2 nitrogen and oxygen atoms in total. The highest BCUT2D eigenvalue weighted by molar-refractivity contribution is 5.59. The first-order valence-corrected chi connectivity index (χ1v) is 5.84. The maximum absolute atomic E-state index is 12.8. The second-order valence-corrected chi connectivity index (χ2v) is 4.82. The number of anilines is 2. The molecule has 1 unspecified atom stereocenters. The summed E-state index contributed by atoms with van der Waals surface area (Å²) in [6.45, 7) is 6.20. The molecule has 0 spiro atoms. The first-order valence-electron chi connectivity index (χ1n) is 5.84. The number of hydrogen-bond acceptors (Lipinski definition) is 2. The van der Waals surface area contributed by atoms with Gasteiger partial charge >= 0.3 is 0 Å². The normalized spacial score (nSPS) is 13.1. The Hall–Kier alpha value is -1.32. The maximum atomic E-state index is 12.8. The van der Waals surface area contributed by atoms with Gasteiger partial charge in [0.2, 0.25) is 0 Å². The van der Waals surface area contributed by atoms with Gasteiger partial charge in [0.1, 0.15) is 0 Å². The molecular formula is C13H20F2N2. The number of rotatable bonds is 5. The van der Waals surface area contributed by atoms with Gasteiger partial charge in [-0.2, -0.15) is 0 Å². The summed E-state index contributed by atoms with van der Waals surface area (Å²) in [5, 5.41) is 3.11. The van der Waals surface area contributed by atoms with Gasteiger partial charge in [-0.05, 0) is 37.5 Å². The quantitative estimate of drug-likeness (QED) is 0.764. The molecule has 1 rings (SSSR count). The molecule has 0 heterocycles. The van der Waals surface area contributed by atoms with Crippen molar-refractivity contribution in [2.75, 3.05) is 11.1 Å². The molecular weight excluding hydrogens is 222 g/mol. The van der Waals surface area contributed by atoms with Crippen molar-refractivity contribution in [3.8, 4) is 0 Å². The zero-order chi connectivity index (χ0) is 13.0. The van der Waals surface area contributed by atoms with Crippen molar-refractivity contribution >= 4 is 11.4 Å². The van der Waals surface area contributed by atoms with E-state index in [1.807, 2.05) is 6.92 Å². The molecule has 4 heteroatoms. The molecule has 1 aromatic carbocycles. The van der Waals surface area contributed by atoms with Crippen LogP contribution in [0.2, 0.25) is 0 Å². The summed E-state index contributed by atoms with van der Waals surface area (Å²) in [5.41, 5.74) is 6.33. The molecule has 0 radical (unpaired) electrons. The molecule has 0 aromatic heterocycles. The standard InChI is InChI=1S/C13H20F2N2/c1-8(2)6-9(3)17-12-5-4-10(16)7-11(12)13(14)15/h4-5,7-9,13,17H,6,16H2,1-3H3. The number of nitrogens with two attached hydrogens (primary N) is 1. The van der Waals surface area contributed by atoms with Crippen molar-refractivity contribution in [3.05, 3.63) is 23.8 Å². The molecule has 3 N–H and O–H groups in total. The topological polar surface area (TPSA) is 38.0 Å². The zero-order valence-corrected chi connectivity index (χ0v) is 10.5. The highest BCUT2D eigenvalue weighted by Crippen LogP contribution is 2.29. The molecule has 0 fully saturated rings. The van der Waals surface area contributed by atoms with Crippen molar-refractivity contribution in [3.63, 3.8) is 0 Å². The Labute approximate surface area is 101 Å². The highest BCUT2D eigenvalue weighted by Gasteiger charge is 2.15. The Bertz CT molecular complexity index is 364. The Morgan fingerprint density at radius 2 is 1.88 bits per heavy atom. The molecule has 17 heavy (non-hydrogen) atoms. The van der Waals surface area contributed by atoms with E-state index in [1.165, 1.54) is 6.07 Å². The summed E-state index contributed by atoms with van der Waals surface area (Å²) in [6, 6.07) is 4.75. The molecule has 1 aromatic rings. The number of halogens is 2. The van der Waals surface area contributed by atoms with Crippen LogP contribution in [0.4, 0.5) is 20.2 Å². The first kappa shape index (κ1) is 13.7. The minimum Gasteiger partial charge on any atom is -0.399 e. The van der Waals surface area contributed by atoms with Gasteiger partial charge in [0.15, 0.2) is 0 Å². The van der Waals surface area contributed by atoms with E-state index in [0.717, 1.165) is 6.42 Å². The summed E-state index contributed by atoms with van der Waals surface area (Å²) < 4.78 is 25.6. The van der Waals surface area contributed by atoms with E-state index in [2.05, 4.69) is 19.2 Å². The van der Waals surface area contributed by atoms with Gasteiger partial charge in [0.05, 0.1) is 0 Å². The number of nitrogens with one attached hydrogen (secondary N) is 1. The predicted molar refractivity (Wildman–Crippen MR) is 68.4 cm³/mol. The summed E-state index contributed by atoms with van der Waals surface area (Å²) in [5.74, 6) is 0.529. The van der Waals surface area contributed by atoms with Crippen LogP contribution in [0.15, 0.2) is 18.2 Å². The van der Waals surface area contributed by atoms with Crippen molar-refractivity contribution < 1.29 is 8.78 Å². The van der Waals surface area contributed by atoms with Gasteiger partial charge in [0.25, 0.3) is 6.43 Å². The third-order valence-corrected chi connectivity index (χ3v) is 2.54. The summed E-state index contributed by atoms with van der Waals surface area (Å²) >= 11 is 0. The van der Waals surface area contributed by atoms with Crippen LogP contribution in [0.25, 0.3) is 0 Å². The van der Waals surface area contributed by atoms with Gasteiger partial charge in [-0.1, -0.05) is 13.8 Å². The molecule has 0 aliphatic rings. The second kappa shape index (κ2) is 5.84. The average Bonchev–Trinajstić information content (AvgIpc) is 2.19. The van der Waals surface area contributed by atoms with E-state index in [1.54, 1.807) is 12.1 Å². The zero-order valence-electron chi connectivity index (χ0n) is 10.5. The Morgan fingerprint density at radius 3 is 2.41 bits per heavy atom. The maximum Gasteiger partial charge on any atom is 0.265 e. The van der Waals surface area contributed by atoms with Crippen molar-refractivity contribution in [2.45, 2.75) is 39.7 Å². The van der Waals surface area contributed by atoms with Crippen LogP contribution in [0.5, 0.6) is 0 Å². The van der Waals surface area contributed by atoms with Crippen LogP contribution >= 0.6 is 0 Å². The molecule has 0 bridgehead atoms. The second-order valence-electron chi connectivity index (χ2n) is 4.82. The largest absolute Gasteiger partial charge is 0.399 e. The van der Waals surface area contributed by atoms with Gasteiger partial charge in [-0.15, -0.1) is 0 Å². The number of alkyl halides is 2. The fourth-order valence-corrected chi connectivity index (χ4v) is 1.92. The van der Waals surface area contributed by atoms with Crippen LogP contribution in [0.1, 0.15) is 39.2 Å². The summed E-state index contributed by atoms with van der Waals surface area (Å²) in [7, 11) is 0. The fourth-order valence-electron chi connectivity index (χ4n) is 1.92. The van der Waals surface area contributed by atoms with Gasteiger partial charge in [0, 0.05) is 23.0 Å². The predicted octanol–water partition coefficient (Wildman–Crippen LogP) is 4.05. The Balaban J connectivity index is 2.83. The molecule has 0 saturated carbocycles. The Morgan fingerprint density at radius 1 is 1.24 bits per heavy atom. The lowest BCUT2D eigenvalue weighted by molar-refractivity contribution is 0.152. The van der Waals surface area contributed by atoms with Gasteiger partial charge < -0.3 is 11.1 Å². The van der Waals surface area contributed by atoms with Crippen LogP contribution < -0.4 is 11.1 Å². The highest BCUT2D eigenvalue weighted by atomic mass is 19.3. The number of nitrogen functional groups attached to an aromatic ring is 1. The van der Waals surface area contributed by atoms with Crippen molar-refractivity contribution in [1.82, 2.24) is 0 Å². The lowest BCUT2D eigenvalue weighted by atomic mass is 10.0. The van der Waals surface area contributed by atoms with E-state index in [4.69, 9.17) is 5.73 Å². The van der Waals surface area contributed by atoms with E-state index in [9.17, 15) is 8.78 Å². The minimum absolute atomic E-state index is 0.0272. The van der Waals surface area contributed by atoms with Crippen LogP contribution in [-0.4, -0.2) is 6.04 Å². The molecule has 96 valence electrons. The van der Waals surface area contributed by atoms with E-state index >= 15 is 0 Å². The minimum atomic E-state index is -2.51. The third-order valence-electron chi connectivity index (χ3n) is 2.54. The van der Waals surface area contributed by atoms with Gasteiger partial charge in [-0.25, -0.2) is 8.78 Å². The van der Waals surface area contributed by atoms with Gasteiger partial charge in [-0.3, -0.25) is 0 Å². The molecule has 0 aliphatic heterocycles. The van der Waals surface area contributed by atoms with E-state index in [-0.39, 0.29) is 11.6 Å². The first-order chi connectivity index (χ1) is 7.90.